The Labute approximate surface area is 55.8 Å². The number of hydrogen-bond donors (Lipinski definition) is 2. The summed E-state index contributed by atoms with van der Waals surface area (Å²) in [6.07, 6.45) is 0. The molecule has 2 heterocycles. The van der Waals surface area contributed by atoms with Crippen molar-refractivity contribution in [3.63, 3.8) is 0 Å². The van der Waals surface area contributed by atoms with E-state index >= 15 is 0 Å². The van der Waals surface area contributed by atoms with Gasteiger partial charge in [0.2, 0.25) is 0 Å². The molecule has 2 rings (SSSR count). The molecule has 0 radical (unpaired) electrons. The lowest BCUT2D eigenvalue weighted by Gasteiger charge is -1.92. The maximum absolute atomic E-state index is 9.17. The second-order valence-corrected chi connectivity index (χ2v) is 2.77. The second kappa shape index (κ2) is 1.54. The Balaban J connectivity index is 2.34. The van der Waals surface area contributed by atoms with Crippen LogP contribution in [0.3, 0.4) is 0 Å². The fourth-order valence-electron chi connectivity index (χ4n) is 0.620. The molecule has 1 aromatic rings. The summed E-state index contributed by atoms with van der Waals surface area (Å²) in [6.45, 7) is 0. The zero-order valence-corrected chi connectivity index (χ0v) is 5.31. The zero-order chi connectivity index (χ0) is 6.32. The van der Waals surface area contributed by atoms with E-state index in [0.29, 0.717) is 0 Å². The van der Waals surface area contributed by atoms with Crippen LogP contribution in [-0.2, 0) is 10.7 Å². The lowest BCUT2D eigenvalue weighted by atomic mass is 10.4. The highest BCUT2D eigenvalue weighted by molar-refractivity contribution is 7.10. The zero-order valence-electron chi connectivity index (χ0n) is 4.50. The Morgan fingerprint density at radius 3 is 3.00 bits per heavy atom. The predicted molar refractivity (Wildman–Crippen MR) is 32.4 cm³/mol. The molecule has 1 aliphatic rings. The highest BCUT2D eigenvalue weighted by atomic mass is 32.1. The fraction of sp³-hybridized carbons (Fsp3) is 0.200. The van der Waals surface area contributed by atoms with Crippen molar-refractivity contribution >= 4 is 11.3 Å². The average Bonchev–Trinajstić information content (AvgIpc) is 2.46. The Hall–Kier alpha value is -0.420. The maximum atomic E-state index is 9.17. The Bertz CT molecular complexity index is 205. The number of hydrogen-bond acceptors (Lipinski definition) is 4. The van der Waals surface area contributed by atoms with E-state index < -0.39 is 5.91 Å². The quantitative estimate of drug-likeness (QED) is 0.559. The molecule has 1 aliphatic heterocycles. The van der Waals surface area contributed by atoms with Gasteiger partial charge in [0.15, 0.2) is 0 Å². The average molecular weight is 143 g/mol. The van der Waals surface area contributed by atoms with Crippen molar-refractivity contribution in [2.45, 2.75) is 5.91 Å². The van der Waals surface area contributed by atoms with Crippen molar-refractivity contribution in [1.29, 1.82) is 0 Å². The SMILES string of the molecule is OC1(c2cccs2)NO1. The molecule has 0 saturated carbocycles. The molecule has 1 saturated heterocycles. The largest absolute Gasteiger partial charge is 0.346 e. The first-order chi connectivity index (χ1) is 4.31. The molecule has 0 aliphatic carbocycles. The van der Waals surface area contributed by atoms with Crippen LogP contribution in [0.2, 0.25) is 0 Å². The van der Waals surface area contributed by atoms with Crippen LogP contribution in [0, 0.1) is 0 Å². The minimum atomic E-state index is -1.16. The molecule has 1 fully saturated rings. The van der Waals surface area contributed by atoms with E-state index in [2.05, 4.69) is 10.3 Å². The van der Waals surface area contributed by atoms with Gasteiger partial charge < -0.3 is 5.11 Å². The van der Waals surface area contributed by atoms with Crippen molar-refractivity contribution in [3.05, 3.63) is 22.4 Å². The first-order valence-corrected chi connectivity index (χ1v) is 3.41. The summed E-state index contributed by atoms with van der Waals surface area (Å²) < 4.78 is 0. The molecule has 4 heteroatoms. The van der Waals surface area contributed by atoms with Crippen LogP contribution in [0.25, 0.3) is 0 Å². The number of hydroxylamine groups is 1. The molecule has 3 nitrogen and oxygen atoms in total. The van der Waals surface area contributed by atoms with Gasteiger partial charge in [0.25, 0.3) is 0 Å². The van der Waals surface area contributed by atoms with Crippen molar-refractivity contribution in [1.82, 2.24) is 5.48 Å². The summed E-state index contributed by atoms with van der Waals surface area (Å²) in [4.78, 5) is 5.35. The second-order valence-electron chi connectivity index (χ2n) is 1.83. The van der Waals surface area contributed by atoms with E-state index in [0.717, 1.165) is 4.88 Å². The van der Waals surface area contributed by atoms with Crippen LogP contribution in [0.4, 0.5) is 0 Å². The normalized spacial score (nSPS) is 32.6. The molecule has 0 amide bonds. The molecule has 9 heavy (non-hydrogen) atoms. The van der Waals surface area contributed by atoms with Gasteiger partial charge in [-0.3, -0.25) is 0 Å². The van der Waals surface area contributed by atoms with Gasteiger partial charge in [0.05, 0.1) is 4.88 Å². The monoisotopic (exact) mass is 143 g/mol. The fourth-order valence-corrected chi connectivity index (χ4v) is 1.32. The van der Waals surface area contributed by atoms with Crippen molar-refractivity contribution in [2.24, 2.45) is 0 Å². The molecule has 1 atom stereocenters. The molecule has 48 valence electrons. The van der Waals surface area contributed by atoms with E-state index in [4.69, 9.17) is 5.11 Å². The highest BCUT2D eigenvalue weighted by Gasteiger charge is 2.45. The topological polar surface area (TPSA) is 54.7 Å². The maximum Gasteiger partial charge on any atom is 0.301 e. The Kier molecular flexibility index (Phi) is 0.921. The third-order valence-electron chi connectivity index (χ3n) is 1.15. The molecule has 0 aromatic carbocycles. The summed E-state index contributed by atoms with van der Waals surface area (Å²) in [5.41, 5.74) is 2.38. The van der Waals surface area contributed by atoms with Gasteiger partial charge in [-0.05, 0) is 11.4 Å². The summed E-state index contributed by atoms with van der Waals surface area (Å²) in [5.74, 6) is -1.16. The first kappa shape index (κ1) is 5.37. The minimum absolute atomic E-state index is 0.794. The van der Waals surface area contributed by atoms with Gasteiger partial charge in [0, 0.05) is 0 Å². The molecule has 1 unspecified atom stereocenters. The minimum Gasteiger partial charge on any atom is -0.346 e. The molecule has 1 aromatic heterocycles. The van der Waals surface area contributed by atoms with Crippen LogP contribution in [0.5, 0.6) is 0 Å². The number of rotatable bonds is 1. The first-order valence-electron chi connectivity index (χ1n) is 2.53. The number of aliphatic hydroxyl groups is 1. The summed E-state index contributed by atoms with van der Waals surface area (Å²) in [7, 11) is 0. The molecular formula is C5H5NO2S. The lowest BCUT2D eigenvalue weighted by Crippen LogP contribution is -2.07. The van der Waals surface area contributed by atoms with E-state index in [1.807, 2.05) is 17.5 Å². The van der Waals surface area contributed by atoms with E-state index in [-0.39, 0.29) is 0 Å². The standard InChI is InChI=1S/C5H5NO2S/c7-5(6-8-5)4-2-1-3-9-4/h1-3,6-7H. The van der Waals surface area contributed by atoms with Crippen LogP contribution >= 0.6 is 11.3 Å². The van der Waals surface area contributed by atoms with E-state index in [9.17, 15) is 0 Å². The van der Waals surface area contributed by atoms with Crippen molar-refractivity contribution in [3.8, 4) is 0 Å². The van der Waals surface area contributed by atoms with Gasteiger partial charge in [-0.1, -0.05) is 6.07 Å². The summed E-state index contributed by atoms with van der Waals surface area (Å²) in [6, 6.07) is 3.67. The molecule has 0 spiro atoms. The third kappa shape index (κ3) is 0.764. The van der Waals surface area contributed by atoms with Crippen molar-refractivity contribution < 1.29 is 9.94 Å². The van der Waals surface area contributed by atoms with Gasteiger partial charge in [-0.25, -0.2) is 4.84 Å². The number of nitrogens with one attached hydrogen (secondary N) is 1. The van der Waals surface area contributed by atoms with Gasteiger partial charge in [0.1, 0.15) is 0 Å². The van der Waals surface area contributed by atoms with Crippen LogP contribution in [0.1, 0.15) is 4.88 Å². The smallest absolute Gasteiger partial charge is 0.301 e. The van der Waals surface area contributed by atoms with E-state index in [1.165, 1.54) is 11.3 Å². The van der Waals surface area contributed by atoms with E-state index in [1.54, 1.807) is 0 Å². The van der Waals surface area contributed by atoms with Gasteiger partial charge in [-0.15, -0.1) is 16.8 Å². The summed E-state index contributed by atoms with van der Waals surface area (Å²) in [5, 5.41) is 11.1. The molecule has 2 N–H and O–H groups in total. The van der Waals surface area contributed by atoms with Crippen LogP contribution in [0.15, 0.2) is 17.5 Å². The summed E-state index contributed by atoms with van der Waals surface area (Å²) >= 11 is 1.45. The highest BCUT2D eigenvalue weighted by Crippen LogP contribution is 2.31. The molecular weight excluding hydrogens is 138 g/mol. The van der Waals surface area contributed by atoms with Gasteiger partial charge in [-0.2, -0.15) is 0 Å². The Morgan fingerprint density at radius 1 is 1.78 bits per heavy atom. The Morgan fingerprint density at radius 2 is 2.56 bits per heavy atom. The number of thiophene rings is 1. The predicted octanol–water partition coefficient (Wildman–Crippen LogP) is 0.385. The van der Waals surface area contributed by atoms with Crippen LogP contribution in [-0.4, -0.2) is 5.11 Å². The van der Waals surface area contributed by atoms with Gasteiger partial charge >= 0.3 is 5.91 Å². The third-order valence-corrected chi connectivity index (χ3v) is 2.11. The van der Waals surface area contributed by atoms with Crippen molar-refractivity contribution in [2.75, 3.05) is 0 Å². The molecule has 0 bridgehead atoms. The lowest BCUT2D eigenvalue weighted by molar-refractivity contribution is 0.0367. The van der Waals surface area contributed by atoms with Crippen LogP contribution < -0.4 is 5.48 Å².